The van der Waals surface area contributed by atoms with Gasteiger partial charge in [-0.2, -0.15) is 0 Å². The molecule has 0 radical (unpaired) electrons. The highest BCUT2D eigenvalue weighted by atomic mass is 35.5. The Morgan fingerprint density at radius 3 is 2.18 bits per heavy atom. The summed E-state index contributed by atoms with van der Waals surface area (Å²) in [6, 6.07) is 19.5. The molecular weight excluding hydrogens is 534 g/mol. The fourth-order valence-corrected chi connectivity index (χ4v) is 5.61. The third-order valence-corrected chi connectivity index (χ3v) is 9.02. The van der Waals surface area contributed by atoms with Gasteiger partial charge in [0.15, 0.2) is 0 Å². The molecule has 2 atom stereocenters. The standard InChI is InChI=1S/C30H36ClN3O4S/c1-6-23(4)32-30(36)24(5)33(19-25-13-11-10-12-21(25)2)29(35)20-34(26-17-16-22(3)28(31)18-26)39(37,38)27-14-8-7-9-15-27/h7-18,23-24H,6,19-20H2,1-5H3,(H,32,36)/t23-,24-/m0/s1. The number of carbonyl (C=O) groups excluding carboxylic acids is 2. The van der Waals surface area contributed by atoms with E-state index in [4.69, 9.17) is 11.6 Å². The first-order chi connectivity index (χ1) is 18.4. The van der Waals surface area contributed by atoms with Crippen LogP contribution in [0.25, 0.3) is 0 Å². The Kier molecular flexibility index (Phi) is 10.2. The van der Waals surface area contributed by atoms with Gasteiger partial charge in [0.25, 0.3) is 10.0 Å². The highest BCUT2D eigenvalue weighted by molar-refractivity contribution is 7.92. The molecule has 0 fully saturated rings. The molecule has 1 N–H and O–H groups in total. The number of sulfonamides is 1. The molecule has 7 nitrogen and oxygen atoms in total. The van der Waals surface area contributed by atoms with Crippen LogP contribution < -0.4 is 9.62 Å². The van der Waals surface area contributed by atoms with Gasteiger partial charge in [0.05, 0.1) is 10.6 Å². The van der Waals surface area contributed by atoms with Crippen LogP contribution in [0.4, 0.5) is 5.69 Å². The number of rotatable bonds is 11. The SMILES string of the molecule is CC[C@H](C)NC(=O)[C@H](C)N(Cc1ccccc1C)C(=O)CN(c1ccc(C)c(Cl)c1)S(=O)(=O)c1ccccc1. The molecular formula is C30H36ClN3O4S. The zero-order chi connectivity index (χ0) is 28.7. The number of amides is 2. The van der Waals surface area contributed by atoms with Crippen molar-refractivity contribution in [2.75, 3.05) is 10.8 Å². The maximum absolute atomic E-state index is 14.0. The van der Waals surface area contributed by atoms with Gasteiger partial charge in [0.2, 0.25) is 11.8 Å². The number of nitrogens with zero attached hydrogens (tertiary/aromatic N) is 2. The summed E-state index contributed by atoms with van der Waals surface area (Å²) >= 11 is 6.36. The molecule has 0 saturated carbocycles. The second-order valence-electron chi connectivity index (χ2n) is 9.70. The van der Waals surface area contributed by atoms with Crippen LogP contribution in [0.5, 0.6) is 0 Å². The van der Waals surface area contributed by atoms with Crippen LogP contribution in [0.15, 0.2) is 77.7 Å². The lowest BCUT2D eigenvalue weighted by Crippen LogP contribution is -2.52. The average molecular weight is 570 g/mol. The fourth-order valence-electron chi connectivity index (χ4n) is 4.00. The van der Waals surface area contributed by atoms with Gasteiger partial charge in [-0.1, -0.05) is 67.1 Å². The Hall–Kier alpha value is -3.36. The fraction of sp³-hybridized carbons (Fsp3) is 0.333. The second kappa shape index (κ2) is 13.1. The molecule has 0 aliphatic carbocycles. The summed E-state index contributed by atoms with van der Waals surface area (Å²) < 4.78 is 28.7. The molecule has 208 valence electrons. The number of hydrogen-bond donors (Lipinski definition) is 1. The van der Waals surface area contributed by atoms with Crippen molar-refractivity contribution in [1.82, 2.24) is 10.2 Å². The molecule has 3 aromatic rings. The number of benzene rings is 3. The van der Waals surface area contributed by atoms with Gasteiger partial charge < -0.3 is 10.2 Å². The van der Waals surface area contributed by atoms with E-state index in [1.165, 1.54) is 23.1 Å². The molecule has 0 aromatic heterocycles. The molecule has 2 amide bonds. The van der Waals surface area contributed by atoms with Crippen LogP contribution in [0.3, 0.4) is 0 Å². The smallest absolute Gasteiger partial charge is 0.264 e. The quantitative estimate of drug-likeness (QED) is 0.331. The van der Waals surface area contributed by atoms with Crippen LogP contribution in [0.1, 0.15) is 43.9 Å². The van der Waals surface area contributed by atoms with Crippen LogP contribution in [-0.2, 0) is 26.2 Å². The Morgan fingerprint density at radius 2 is 1.56 bits per heavy atom. The summed E-state index contributed by atoms with van der Waals surface area (Å²) in [5.41, 5.74) is 2.87. The summed E-state index contributed by atoms with van der Waals surface area (Å²) in [5, 5.41) is 3.32. The zero-order valence-electron chi connectivity index (χ0n) is 23.0. The minimum atomic E-state index is -4.14. The minimum Gasteiger partial charge on any atom is -0.352 e. The van der Waals surface area contributed by atoms with Gasteiger partial charge in [0, 0.05) is 17.6 Å². The summed E-state index contributed by atoms with van der Waals surface area (Å²) in [6.07, 6.45) is 0.738. The van der Waals surface area contributed by atoms with Crippen molar-refractivity contribution in [3.8, 4) is 0 Å². The molecule has 0 unspecified atom stereocenters. The maximum Gasteiger partial charge on any atom is 0.264 e. The van der Waals surface area contributed by atoms with Crippen LogP contribution in [0.2, 0.25) is 5.02 Å². The first-order valence-corrected chi connectivity index (χ1v) is 14.8. The summed E-state index contributed by atoms with van der Waals surface area (Å²) in [7, 11) is -4.14. The Morgan fingerprint density at radius 1 is 0.923 bits per heavy atom. The predicted molar refractivity (Wildman–Crippen MR) is 156 cm³/mol. The molecule has 9 heteroatoms. The van der Waals surface area contributed by atoms with E-state index in [1.807, 2.05) is 52.0 Å². The Balaban J connectivity index is 2.05. The summed E-state index contributed by atoms with van der Waals surface area (Å²) in [4.78, 5) is 28.6. The number of anilines is 1. The first-order valence-electron chi connectivity index (χ1n) is 12.9. The third kappa shape index (κ3) is 7.40. The van der Waals surface area contributed by atoms with E-state index in [2.05, 4.69) is 5.32 Å². The number of hydrogen-bond acceptors (Lipinski definition) is 4. The molecule has 0 aliphatic heterocycles. The van der Waals surface area contributed by atoms with Crippen molar-refractivity contribution in [2.45, 2.75) is 64.6 Å². The Bertz CT molecular complexity index is 1410. The molecule has 0 aliphatic rings. The predicted octanol–water partition coefficient (Wildman–Crippen LogP) is 5.48. The molecule has 0 heterocycles. The number of halogens is 1. The molecule has 3 rings (SSSR count). The molecule has 3 aromatic carbocycles. The number of carbonyl (C=O) groups is 2. The highest BCUT2D eigenvalue weighted by Gasteiger charge is 2.33. The van der Waals surface area contributed by atoms with Crippen molar-refractivity contribution in [2.24, 2.45) is 0 Å². The van der Waals surface area contributed by atoms with Gasteiger partial charge >= 0.3 is 0 Å². The molecule has 0 bridgehead atoms. The van der Waals surface area contributed by atoms with E-state index in [9.17, 15) is 18.0 Å². The topological polar surface area (TPSA) is 86.8 Å². The van der Waals surface area contributed by atoms with Crippen LogP contribution in [-0.4, -0.2) is 43.8 Å². The van der Waals surface area contributed by atoms with Gasteiger partial charge in [-0.05, 0) is 75.1 Å². The van der Waals surface area contributed by atoms with E-state index >= 15 is 0 Å². The second-order valence-corrected chi connectivity index (χ2v) is 12.0. The van der Waals surface area contributed by atoms with Crippen molar-refractivity contribution >= 4 is 39.1 Å². The van der Waals surface area contributed by atoms with Crippen molar-refractivity contribution < 1.29 is 18.0 Å². The van der Waals surface area contributed by atoms with Gasteiger partial charge in [-0.3, -0.25) is 13.9 Å². The van der Waals surface area contributed by atoms with Crippen molar-refractivity contribution in [1.29, 1.82) is 0 Å². The number of aryl methyl sites for hydroxylation is 2. The van der Waals surface area contributed by atoms with Gasteiger partial charge in [0.1, 0.15) is 12.6 Å². The summed E-state index contributed by atoms with van der Waals surface area (Å²) in [5.74, 6) is -0.816. The van der Waals surface area contributed by atoms with E-state index in [0.717, 1.165) is 27.4 Å². The van der Waals surface area contributed by atoms with Crippen LogP contribution >= 0.6 is 11.6 Å². The van der Waals surface area contributed by atoms with E-state index < -0.39 is 28.5 Å². The normalized spacial score (nSPS) is 12.9. The molecule has 39 heavy (non-hydrogen) atoms. The lowest BCUT2D eigenvalue weighted by molar-refractivity contribution is -0.139. The average Bonchev–Trinajstić information content (AvgIpc) is 2.92. The summed E-state index contributed by atoms with van der Waals surface area (Å²) in [6.45, 7) is 8.90. The van der Waals surface area contributed by atoms with Crippen molar-refractivity contribution in [3.05, 3.63) is 94.5 Å². The van der Waals surface area contributed by atoms with E-state index in [0.29, 0.717) is 5.02 Å². The maximum atomic E-state index is 14.0. The first kappa shape index (κ1) is 30.2. The van der Waals surface area contributed by atoms with E-state index in [1.54, 1.807) is 37.3 Å². The van der Waals surface area contributed by atoms with Crippen molar-refractivity contribution in [3.63, 3.8) is 0 Å². The third-order valence-electron chi connectivity index (χ3n) is 6.82. The lowest BCUT2D eigenvalue weighted by atomic mass is 10.1. The highest BCUT2D eigenvalue weighted by Crippen LogP contribution is 2.28. The lowest BCUT2D eigenvalue weighted by Gasteiger charge is -2.33. The Labute approximate surface area is 236 Å². The zero-order valence-corrected chi connectivity index (χ0v) is 24.6. The van der Waals surface area contributed by atoms with Gasteiger partial charge in [-0.15, -0.1) is 0 Å². The minimum absolute atomic E-state index is 0.0440. The van der Waals surface area contributed by atoms with Gasteiger partial charge in [-0.25, -0.2) is 8.42 Å². The molecule has 0 spiro atoms. The largest absolute Gasteiger partial charge is 0.352 e. The monoisotopic (exact) mass is 569 g/mol. The molecule has 0 saturated heterocycles. The number of nitrogens with one attached hydrogen (secondary N) is 1. The van der Waals surface area contributed by atoms with E-state index in [-0.39, 0.29) is 29.1 Å². The van der Waals surface area contributed by atoms with Crippen LogP contribution in [0, 0.1) is 13.8 Å².